The van der Waals surface area contributed by atoms with Crippen molar-refractivity contribution in [3.05, 3.63) is 35.3 Å². The Hall–Kier alpha value is -1.56. The fourth-order valence-electron chi connectivity index (χ4n) is 2.03. The fourth-order valence-corrected chi connectivity index (χ4v) is 2.03. The summed E-state index contributed by atoms with van der Waals surface area (Å²) in [5.74, 6) is 1.02. The predicted octanol–water partition coefficient (Wildman–Crippen LogP) is 2.49. The van der Waals surface area contributed by atoms with Gasteiger partial charge in [-0.3, -0.25) is 0 Å². The molecule has 2 rings (SSSR count). The van der Waals surface area contributed by atoms with E-state index in [0.717, 1.165) is 24.5 Å². The molecule has 0 amide bonds. The predicted molar refractivity (Wildman–Crippen MR) is 60.6 cm³/mol. The van der Waals surface area contributed by atoms with E-state index in [2.05, 4.69) is 14.7 Å². The Labute approximate surface area is 90.6 Å². The van der Waals surface area contributed by atoms with Gasteiger partial charge in [0, 0.05) is 19.3 Å². The summed E-state index contributed by atoms with van der Waals surface area (Å²) in [6.07, 6.45) is 5.63. The number of hydrogen-bond acceptors (Lipinski definition) is 2. The standard InChI is InChI=1S/C12H15N3/c1-13-10-11-6-5-7-14-12(11)15-8-3-2-4-9-15/h5-7H,2-4,8-10H2. The molecule has 1 aliphatic rings. The summed E-state index contributed by atoms with van der Waals surface area (Å²) in [5.41, 5.74) is 1.06. The molecule has 0 spiro atoms. The van der Waals surface area contributed by atoms with Gasteiger partial charge in [-0.15, -0.1) is 0 Å². The molecule has 0 atom stereocenters. The molecule has 78 valence electrons. The lowest BCUT2D eigenvalue weighted by Gasteiger charge is -2.28. The number of aromatic nitrogens is 1. The zero-order valence-electron chi connectivity index (χ0n) is 8.82. The third-order valence-corrected chi connectivity index (χ3v) is 2.77. The molecule has 1 aromatic rings. The van der Waals surface area contributed by atoms with E-state index in [4.69, 9.17) is 6.57 Å². The molecule has 1 aromatic heterocycles. The summed E-state index contributed by atoms with van der Waals surface area (Å²) in [4.78, 5) is 10.2. The highest BCUT2D eigenvalue weighted by atomic mass is 15.2. The van der Waals surface area contributed by atoms with Crippen LogP contribution in [-0.2, 0) is 6.54 Å². The van der Waals surface area contributed by atoms with Crippen molar-refractivity contribution >= 4 is 5.82 Å². The van der Waals surface area contributed by atoms with Crippen LogP contribution in [0.5, 0.6) is 0 Å². The van der Waals surface area contributed by atoms with Crippen LogP contribution in [-0.4, -0.2) is 18.1 Å². The number of pyridine rings is 1. The first-order valence-corrected chi connectivity index (χ1v) is 5.44. The Morgan fingerprint density at radius 1 is 1.33 bits per heavy atom. The average molecular weight is 201 g/mol. The molecule has 15 heavy (non-hydrogen) atoms. The van der Waals surface area contributed by atoms with Crippen LogP contribution in [0.4, 0.5) is 5.82 Å². The first kappa shape index (κ1) is 9.97. The van der Waals surface area contributed by atoms with Crippen LogP contribution < -0.4 is 4.90 Å². The van der Waals surface area contributed by atoms with Gasteiger partial charge < -0.3 is 9.74 Å². The largest absolute Gasteiger partial charge is 0.356 e. The lowest BCUT2D eigenvalue weighted by Crippen LogP contribution is -2.30. The molecule has 2 heterocycles. The van der Waals surface area contributed by atoms with Crippen LogP contribution in [0.3, 0.4) is 0 Å². The second-order valence-electron chi connectivity index (χ2n) is 3.85. The number of nitrogens with zero attached hydrogens (tertiary/aromatic N) is 3. The summed E-state index contributed by atoms with van der Waals surface area (Å²) in [6, 6.07) is 3.92. The normalized spacial score (nSPS) is 16.1. The quantitative estimate of drug-likeness (QED) is 0.685. The molecular weight excluding hydrogens is 186 g/mol. The van der Waals surface area contributed by atoms with Gasteiger partial charge in [-0.2, -0.15) is 0 Å². The number of piperidine rings is 1. The Morgan fingerprint density at radius 2 is 2.13 bits per heavy atom. The summed E-state index contributed by atoms with van der Waals surface area (Å²) >= 11 is 0. The summed E-state index contributed by atoms with van der Waals surface area (Å²) in [5, 5.41) is 0. The maximum Gasteiger partial charge on any atom is 0.243 e. The topological polar surface area (TPSA) is 20.5 Å². The van der Waals surface area contributed by atoms with E-state index in [-0.39, 0.29) is 0 Å². The van der Waals surface area contributed by atoms with Gasteiger partial charge in [-0.25, -0.2) is 11.6 Å². The summed E-state index contributed by atoms with van der Waals surface area (Å²) in [6.45, 7) is 9.54. The highest BCUT2D eigenvalue weighted by Crippen LogP contribution is 2.21. The highest BCUT2D eigenvalue weighted by molar-refractivity contribution is 5.47. The van der Waals surface area contributed by atoms with Gasteiger partial charge in [-0.05, 0) is 31.4 Å². The van der Waals surface area contributed by atoms with Gasteiger partial charge >= 0.3 is 0 Å². The first-order chi connectivity index (χ1) is 7.42. The van der Waals surface area contributed by atoms with E-state index >= 15 is 0 Å². The van der Waals surface area contributed by atoms with Gasteiger partial charge in [0.25, 0.3) is 0 Å². The Morgan fingerprint density at radius 3 is 2.87 bits per heavy atom. The van der Waals surface area contributed by atoms with Crippen molar-refractivity contribution in [2.75, 3.05) is 18.0 Å². The van der Waals surface area contributed by atoms with E-state index < -0.39 is 0 Å². The van der Waals surface area contributed by atoms with E-state index in [1.54, 1.807) is 0 Å². The minimum Gasteiger partial charge on any atom is -0.356 e. The van der Waals surface area contributed by atoms with Crippen LogP contribution >= 0.6 is 0 Å². The van der Waals surface area contributed by atoms with E-state index in [1.807, 2.05) is 18.3 Å². The van der Waals surface area contributed by atoms with E-state index in [0.29, 0.717) is 6.54 Å². The lowest BCUT2D eigenvalue weighted by atomic mass is 10.1. The van der Waals surface area contributed by atoms with Crippen LogP contribution in [0, 0.1) is 6.57 Å². The van der Waals surface area contributed by atoms with Gasteiger partial charge in [0.2, 0.25) is 6.54 Å². The van der Waals surface area contributed by atoms with Crippen molar-refractivity contribution in [2.45, 2.75) is 25.8 Å². The third-order valence-electron chi connectivity index (χ3n) is 2.77. The molecule has 1 fully saturated rings. The molecule has 0 unspecified atom stereocenters. The maximum atomic E-state index is 6.93. The second kappa shape index (κ2) is 4.79. The smallest absolute Gasteiger partial charge is 0.243 e. The molecule has 0 aromatic carbocycles. The highest BCUT2D eigenvalue weighted by Gasteiger charge is 2.16. The lowest BCUT2D eigenvalue weighted by molar-refractivity contribution is 0.572. The van der Waals surface area contributed by atoms with Gasteiger partial charge in [0.1, 0.15) is 5.82 Å². The molecular formula is C12H15N3. The van der Waals surface area contributed by atoms with Gasteiger partial charge in [0.05, 0.1) is 5.56 Å². The van der Waals surface area contributed by atoms with Crippen molar-refractivity contribution in [1.82, 2.24) is 4.98 Å². The zero-order valence-corrected chi connectivity index (χ0v) is 8.82. The maximum absolute atomic E-state index is 6.93. The minimum absolute atomic E-state index is 0.444. The molecule has 0 radical (unpaired) electrons. The van der Waals surface area contributed by atoms with Crippen LogP contribution in [0.15, 0.2) is 18.3 Å². The molecule has 0 saturated carbocycles. The first-order valence-electron chi connectivity index (χ1n) is 5.44. The zero-order chi connectivity index (χ0) is 10.5. The summed E-state index contributed by atoms with van der Waals surface area (Å²) in [7, 11) is 0. The van der Waals surface area contributed by atoms with Crippen molar-refractivity contribution in [2.24, 2.45) is 0 Å². The molecule has 3 nitrogen and oxygen atoms in total. The Balaban J connectivity index is 2.21. The summed E-state index contributed by atoms with van der Waals surface area (Å²) < 4.78 is 0. The monoisotopic (exact) mass is 201 g/mol. The number of rotatable bonds is 2. The minimum atomic E-state index is 0.444. The van der Waals surface area contributed by atoms with Crippen LogP contribution in [0.1, 0.15) is 24.8 Å². The second-order valence-corrected chi connectivity index (χ2v) is 3.85. The van der Waals surface area contributed by atoms with Gasteiger partial charge in [0.15, 0.2) is 0 Å². The Bertz CT molecular complexity index is 361. The SMILES string of the molecule is [C-]#[N+]Cc1cccnc1N1CCCCC1. The molecule has 0 N–H and O–H groups in total. The van der Waals surface area contributed by atoms with Crippen molar-refractivity contribution in [1.29, 1.82) is 0 Å². The van der Waals surface area contributed by atoms with E-state index in [1.165, 1.54) is 19.3 Å². The van der Waals surface area contributed by atoms with E-state index in [9.17, 15) is 0 Å². The third kappa shape index (κ3) is 2.27. The Kier molecular flexibility index (Phi) is 3.18. The molecule has 0 aliphatic carbocycles. The fraction of sp³-hybridized carbons (Fsp3) is 0.500. The van der Waals surface area contributed by atoms with Crippen molar-refractivity contribution in [3.63, 3.8) is 0 Å². The molecule has 0 bridgehead atoms. The molecule has 1 aliphatic heterocycles. The van der Waals surface area contributed by atoms with Crippen LogP contribution in [0.25, 0.3) is 4.85 Å². The number of hydrogen-bond donors (Lipinski definition) is 0. The average Bonchev–Trinajstić information content (AvgIpc) is 2.31. The van der Waals surface area contributed by atoms with Crippen molar-refractivity contribution in [3.8, 4) is 0 Å². The van der Waals surface area contributed by atoms with Gasteiger partial charge in [-0.1, -0.05) is 0 Å². The van der Waals surface area contributed by atoms with Crippen LogP contribution in [0.2, 0.25) is 0 Å². The van der Waals surface area contributed by atoms with Crippen molar-refractivity contribution < 1.29 is 0 Å². The molecule has 3 heteroatoms. The number of anilines is 1. The molecule has 1 saturated heterocycles.